The largest absolute Gasteiger partial charge is 0.508 e. The van der Waals surface area contributed by atoms with Crippen LogP contribution in [0.15, 0.2) is 71.6 Å². The predicted octanol–water partition coefficient (Wildman–Crippen LogP) is 4.06. The molecule has 0 atom stereocenters. The van der Waals surface area contributed by atoms with Crippen LogP contribution in [0.25, 0.3) is 0 Å². The summed E-state index contributed by atoms with van der Waals surface area (Å²) in [5, 5.41) is 12.2. The van der Waals surface area contributed by atoms with Crippen LogP contribution in [0, 0.1) is 13.8 Å². The first-order chi connectivity index (χ1) is 13.3. The van der Waals surface area contributed by atoms with Gasteiger partial charge in [-0.1, -0.05) is 30.3 Å². The number of hydrogen-bond acceptors (Lipinski definition) is 4. The average Bonchev–Trinajstić information content (AvgIpc) is 2.63. The molecule has 0 heterocycles. The van der Waals surface area contributed by atoms with Crippen molar-refractivity contribution in [3.05, 3.63) is 83.4 Å². The van der Waals surface area contributed by atoms with Gasteiger partial charge in [-0.25, -0.2) is 8.42 Å². The van der Waals surface area contributed by atoms with Crippen molar-refractivity contribution in [1.29, 1.82) is 0 Å². The predicted molar refractivity (Wildman–Crippen MR) is 109 cm³/mol. The van der Waals surface area contributed by atoms with Crippen LogP contribution in [0.3, 0.4) is 0 Å². The van der Waals surface area contributed by atoms with E-state index in [1.807, 2.05) is 6.07 Å². The number of aryl methyl sites for hydroxylation is 2. The topological polar surface area (TPSA) is 95.5 Å². The Morgan fingerprint density at radius 2 is 1.64 bits per heavy atom. The smallest absolute Gasteiger partial charge is 0.261 e. The summed E-state index contributed by atoms with van der Waals surface area (Å²) in [6.07, 6.45) is 0. The van der Waals surface area contributed by atoms with E-state index in [0.29, 0.717) is 16.9 Å². The van der Waals surface area contributed by atoms with Crippen LogP contribution in [0.2, 0.25) is 0 Å². The van der Waals surface area contributed by atoms with E-state index in [1.165, 1.54) is 24.3 Å². The number of nitrogens with one attached hydrogen (secondary N) is 2. The van der Waals surface area contributed by atoms with Crippen LogP contribution in [-0.2, 0) is 10.0 Å². The first-order valence-electron chi connectivity index (χ1n) is 8.56. The van der Waals surface area contributed by atoms with Gasteiger partial charge < -0.3 is 10.4 Å². The van der Waals surface area contributed by atoms with E-state index < -0.39 is 15.9 Å². The molecule has 0 aliphatic carbocycles. The summed E-state index contributed by atoms with van der Waals surface area (Å²) in [5.41, 5.74) is 2.55. The third-order valence-electron chi connectivity index (χ3n) is 4.26. The van der Waals surface area contributed by atoms with Crippen molar-refractivity contribution in [1.82, 2.24) is 0 Å². The van der Waals surface area contributed by atoms with Gasteiger partial charge in [-0.05, 0) is 55.3 Å². The summed E-state index contributed by atoms with van der Waals surface area (Å²) in [4.78, 5) is 12.6. The summed E-state index contributed by atoms with van der Waals surface area (Å²) >= 11 is 0. The number of aromatic hydroxyl groups is 1. The lowest BCUT2D eigenvalue weighted by molar-refractivity contribution is 0.102. The number of hydrogen-bond donors (Lipinski definition) is 3. The van der Waals surface area contributed by atoms with Gasteiger partial charge in [0.2, 0.25) is 0 Å². The van der Waals surface area contributed by atoms with Crippen LogP contribution in [0.1, 0.15) is 21.5 Å². The SMILES string of the molecule is Cc1ccccc1NS(=O)(=O)c1ccc(C)c(C(=O)Nc2cccc(O)c2)c1. The van der Waals surface area contributed by atoms with E-state index in [4.69, 9.17) is 0 Å². The molecule has 6 nitrogen and oxygen atoms in total. The second-order valence-corrected chi connectivity index (χ2v) is 8.08. The number of carbonyl (C=O) groups excluding carboxylic acids is 1. The molecule has 7 heteroatoms. The number of amides is 1. The Bertz CT molecular complexity index is 1140. The van der Waals surface area contributed by atoms with Gasteiger partial charge in [-0.2, -0.15) is 0 Å². The molecule has 3 aromatic carbocycles. The third kappa shape index (κ3) is 4.32. The molecule has 0 spiro atoms. The highest BCUT2D eigenvalue weighted by Gasteiger charge is 2.19. The molecule has 1 amide bonds. The lowest BCUT2D eigenvalue weighted by atomic mass is 10.1. The quantitative estimate of drug-likeness (QED) is 0.606. The molecule has 3 aromatic rings. The number of phenolic OH excluding ortho intramolecular Hbond substituents is 1. The summed E-state index contributed by atoms with van der Waals surface area (Å²) in [6, 6.07) is 17.6. The normalized spacial score (nSPS) is 11.1. The fourth-order valence-electron chi connectivity index (χ4n) is 2.69. The van der Waals surface area contributed by atoms with Gasteiger partial charge >= 0.3 is 0 Å². The Morgan fingerprint density at radius 1 is 0.893 bits per heavy atom. The van der Waals surface area contributed by atoms with Gasteiger partial charge in [-0.15, -0.1) is 0 Å². The minimum absolute atomic E-state index is 0.0117. The molecule has 0 radical (unpaired) electrons. The molecule has 0 bridgehead atoms. The molecule has 0 aliphatic rings. The van der Waals surface area contributed by atoms with Crippen LogP contribution in [0.4, 0.5) is 11.4 Å². The van der Waals surface area contributed by atoms with Crippen molar-refractivity contribution in [2.24, 2.45) is 0 Å². The van der Waals surface area contributed by atoms with E-state index in [-0.39, 0.29) is 16.2 Å². The number of anilines is 2. The molecular formula is C21H20N2O4S. The Balaban J connectivity index is 1.90. The Labute approximate surface area is 163 Å². The maximum atomic E-state index is 12.8. The zero-order valence-corrected chi connectivity index (χ0v) is 16.2. The summed E-state index contributed by atoms with van der Waals surface area (Å²) < 4.78 is 28.1. The molecule has 144 valence electrons. The molecule has 3 rings (SSSR count). The summed E-state index contributed by atoms with van der Waals surface area (Å²) in [7, 11) is -3.86. The number of benzene rings is 3. The van der Waals surface area contributed by atoms with Gasteiger partial charge in [0.1, 0.15) is 5.75 Å². The minimum Gasteiger partial charge on any atom is -0.508 e. The molecule has 0 fully saturated rings. The van der Waals surface area contributed by atoms with Crippen LogP contribution in [0.5, 0.6) is 5.75 Å². The Kier molecular flexibility index (Phi) is 5.37. The van der Waals surface area contributed by atoms with Crippen molar-refractivity contribution in [2.75, 3.05) is 10.0 Å². The highest BCUT2D eigenvalue weighted by molar-refractivity contribution is 7.92. The van der Waals surface area contributed by atoms with E-state index in [2.05, 4.69) is 10.0 Å². The summed E-state index contributed by atoms with van der Waals surface area (Å²) in [5.74, 6) is -0.440. The molecule has 28 heavy (non-hydrogen) atoms. The zero-order chi connectivity index (χ0) is 20.3. The first kappa shape index (κ1) is 19.4. The highest BCUT2D eigenvalue weighted by Crippen LogP contribution is 2.23. The second-order valence-electron chi connectivity index (χ2n) is 6.40. The molecule has 3 N–H and O–H groups in total. The third-order valence-corrected chi connectivity index (χ3v) is 5.62. The second kappa shape index (κ2) is 7.74. The van der Waals surface area contributed by atoms with Crippen molar-refractivity contribution in [3.8, 4) is 5.75 Å². The number of para-hydroxylation sites is 1. The van der Waals surface area contributed by atoms with Gasteiger partial charge in [0, 0.05) is 17.3 Å². The fraction of sp³-hybridized carbons (Fsp3) is 0.0952. The van der Waals surface area contributed by atoms with Crippen molar-refractivity contribution in [2.45, 2.75) is 18.7 Å². The van der Waals surface area contributed by atoms with E-state index in [9.17, 15) is 18.3 Å². The number of phenols is 1. The number of carbonyl (C=O) groups is 1. The maximum absolute atomic E-state index is 12.8. The van der Waals surface area contributed by atoms with Gasteiger partial charge in [-0.3, -0.25) is 9.52 Å². The van der Waals surface area contributed by atoms with Crippen LogP contribution >= 0.6 is 0 Å². The highest BCUT2D eigenvalue weighted by atomic mass is 32.2. The molecule has 0 saturated heterocycles. The van der Waals surface area contributed by atoms with Crippen LogP contribution in [-0.4, -0.2) is 19.4 Å². The molecular weight excluding hydrogens is 376 g/mol. The Hall–Kier alpha value is -3.32. The van der Waals surface area contributed by atoms with Gasteiger partial charge in [0.25, 0.3) is 15.9 Å². The molecule has 0 aliphatic heterocycles. The fourth-order valence-corrected chi connectivity index (χ4v) is 3.84. The monoisotopic (exact) mass is 396 g/mol. The van der Waals surface area contributed by atoms with E-state index in [0.717, 1.165) is 5.56 Å². The van der Waals surface area contributed by atoms with Gasteiger partial charge in [0.05, 0.1) is 10.6 Å². The molecule has 0 saturated carbocycles. The van der Waals surface area contributed by atoms with Crippen molar-refractivity contribution < 1.29 is 18.3 Å². The average molecular weight is 396 g/mol. The first-order valence-corrected chi connectivity index (χ1v) is 10.0. The summed E-state index contributed by atoms with van der Waals surface area (Å²) in [6.45, 7) is 3.53. The van der Waals surface area contributed by atoms with Crippen molar-refractivity contribution >= 4 is 27.3 Å². The maximum Gasteiger partial charge on any atom is 0.261 e. The van der Waals surface area contributed by atoms with Crippen LogP contribution < -0.4 is 10.0 Å². The van der Waals surface area contributed by atoms with Crippen molar-refractivity contribution in [3.63, 3.8) is 0 Å². The minimum atomic E-state index is -3.86. The molecule has 0 aromatic heterocycles. The lowest BCUT2D eigenvalue weighted by Gasteiger charge is -2.13. The number of rotatable bonds is 5. The lowest BCUT2D eigenvalue weighted by Crippen LogP contribution is -2.17. The Morgan fingerprint density at radius 3 is 2.36 bits per heavy atom. The van der Waals surface area contributed by atoms with E-state index >= 15 is 0 Å². The van der Waals surface area contributed by atoms with Gasteiger partial charge in [0.15, 0.2) is 0 Å². The standard InChI is InChI=1S/C21H20N2O4S/c1-14-10-11-18(28(26,27)23-20-9-4-3-6-15(20)2)13-19(14)21(25)22-16-7-5-8-17(24)12-16/h3-13,23-24H,1-2H3,(H,22,25). The number of sulfonamides is 1. The molecule has 0 unspecified atom stereocenters. The van der Waals surface area contributed by atoms with E-state index in [1.54, 1.807) is 50.2 Å². The zero-order valence-electron chi connectivity index (χ0n) is 15.4.